The Hall–Kier alpha value is -2.48. The van der Waals surface area contributed by atoms with Crippen LogP contribution < -0.4 is 10.2 Å². The highest BCUT2D eigenvalue weighted by atomic mass is 35.5. The van der Waals surface area contributed by atoms with Gasteiger partial charge in [-0.3, -0.25) is 10.1 Å². The molecule has 0 aliphatic heterocycles. The van der Waals surface area contributed by atoms with Gasteiger partial charge in [0, 0.05) is 19.3 Å². The number of halogens is 1. The third kappa shape index (κ3) is 3.40. The van der Waals surface area contributed by atoms with Crippen molar-refractivity contribution in [2.45, 2.75) is 13.8 Å². The summed E-state index contributed by atoms with van der Waals surface area (Å²) in [5, 5.41) is 14.8. The molecule has 0 fully saturated rings. The van der Waals surface area contributed by atoms with Gasteiger partial charge in [-0.05, 0) is 26.0 Å². The van der Waals surface area contributed by atoms with Crippen molar-refractivity contribution in [1.29, 1.82) is 0 Å². The zero-order valence-corrected chi connectivity index (χ0v) is 12.9. The Morgan fingerprint density at radius 1 is 1.27 bits per heavy atom. The first-order valence-electron chi connectivity index (χ1n) is 6.69. The number of nitro groups is 1. The molecule has 0 spiro atoms. The van der Waals surface area contributed by atoms with Crippen LogP contribution >= 0.6 is 11.6 Å². The smallest absolute Gasteiger partial charge is 0.351 e. The van der Waals surface area contributed by atoms with E-state index in [1.165, 1.54) is 12.5 Å². The number of aromatic nitrogens is 3. The molecule has 0 atom stereocenters. The molecular formula is C13H15ClN6O2. The van der Waals surface area contributed by atoms with Gasteiger partial charge in [0.25, 0.3) is 0 Å². The lowest BCUT2D eigenvalue weighted by Gasteiger charge is -2.19. The predicted octanol–water partition coefficient (Wildman–Crippen LogP) is 3.02. The summed E-state index contributed by atoms with van der Waals surface area (Å²) < 4.78 is 0. The summed E-state index contributed by atoms with van der Waals surface area (Å²) in [6, 6.07) is 3.25. The quantitative estimate of drug-likeness (QED) is 0.644. The van der Waals surface area contributed by atoms with E-state index in [9.17, 15) is 10.1 Å². The van der Waals surface area contributed by atoms with E-state index in [1.807, 2.05) is 13.8 Å². The number of nitrogens with zero attached hydrogens (tertiary/aromatic N) is 5. The molecule has 0 bridgehead atoms. The maximum Gasteiger partial charge on any atom is 0.353 e. The number of hydrogen-bond acceptors (Lipinski definition) is 7. The van der Waals surface area contributed by atoms with Gasteiger partial charge in [-0.2, -0.15) is 0 Å². The van der Waals surface area contributed by atoms with Crippen LogP contribution in [0.25, 0.3) is 0 Å². The minimum absolute atomic E-state index is 0.0942. The van der Waals surface area contributed by atoms with Crippen molar-refractivity contribution >= 4 is 34.7 Å². The van der Waals surface area contributed by atoms with E-state index in [0.29, 0.717) is 23.9 Å². The van der Waals surface area contributed by atoms with Crippen LogP contribution in [0.2, 0.25) is 5.02 Å². The van der Waals surface area contributed by atoms with Gasteiger partial charge in [-0.25, -0.2) is 15.0 Å². The summed E-state index contributed by atoms with van der Waals surface area (Å²) in [7, 11) is 0. The summed E-state index contributed by atoms with van der Waals surface area (Å²) >= 11 is 5.77. The summed E-state index contributed by atoms with van der Waals surface area (Å²) in [5.74, 6) is 0.787. The van der Waals surface area contributed by atoms with Crippen LogP contribution in [-0.4, -0.2) is 33.0 Å². The molecule has 116 valence electrons. The Morgan fingerprint density at radius 3 is 2.55 bits per heavy atom. The monoisotopic (exact) mass is 322 g/mol. The van der Waals surface area contributed by atoms with Crippen LogP contribution in [-0.2, 0) is 0 Å². The topological polar surface area (TPSA) is 97.1 Å². The van der Waals surface area contributed by atoms with Crippen molar-refractivity contribution in [2.24, 2.45) is 0 Å². The van der Waals surface area contributed by atoms with Gasteiger partial charge in [0.05, 0.1) is 9.95 Å². The normalized spacial score (nSPS) is 10.3. The van der Waals surface area contributed by atoms with Gasteiger partial charge in [0.15, 0.2) is 0 Å². The molecule has 0 unspecified atom stereocenters. The molecule has 0 amide bonds. The van der Waals surface area contributed by atoms with E-state index < -0.39 is 4.92 Å². The first kappa shape index (κ1) is 15.9. The van der Waals surface area contributed by atoms with Gasteiger partial charge >= 0.3 is 5.69 Å². The van der Waals surface area contributed by atoms with E-state index in [1.54, 1.807) is 17.0 Å². The van der Waals surface area contributed by atoms with Gasteiger partial charge in [-0.15, -0.1) is 0 Å². The minimum Gasteiger partial charge on any atom is -0.351 e. The fourth-order valence-electron chi connectivity index (χ4n) is 1.95. The van der Waals surface area contributed by atoms with Crippen molar-refractivity contribution < 1.29 is 4.92 Å². The number of rotatable bonds is 6. The molecule has 2 rings (SSSR count). The average molecular weight is 323 g/mol. The summed E-state index contributed by atoms with van der Waals surface area (Å²) in [6.07, 6.45) is 2.74. The summed E-state index contributed by atoms with van der Waals surface area (Å²) in [5.41, 5.74) is -0.178. The van der Waals surface area contributed by atoms with Crippen molar-refractivity contribution in [1.82, 2.24) is 15.0 Å². The molecule has 1 N–H and O–H groups in total. The molecule has 9 heteroatoms. The van der Waals surface area contributed by atoms with Crippen LogP contribution in [0.1, 0.15) is 13.8 Å². The fourth-order valence-corrected chi connectivity index (χ4v) is 2.07. The summed E-state index contributed by atoms with van der Waals surface area (Å²) in [4.78, 5) is 24.8. The van der Waals surface area contributed by atoms with E-state index >= 15 is 0 Å². The number of pyridine rings is 1. The largest absolute Gasteiger partial charge is 0.353 e. The number of nitrogens with one attached hydrogen (secondary N) is 1. The predicted molar refractivity (Wildman–Crippen MR) is 84.8 cm³/mol. The molecule has 0 saturated carbocycles. The second-order valence-electron chi connectivity index (χ2n) is 4.31. The van der Waals surface area contributed by atoms with E-state index in [4.69, 9.17) is 11.6 Å². The van der Waals surface area contributed by atoms with Crippen LogP contribution in [0.3, 0.4) is 0 Å². The van der Waals surface area contributed by atoms with Gasteiger partial charge < -0.3 is 10.2 Å². The zero-order chi connectivity index (χ0) is 16.1. The maximum atomic E-state index is 11.4. The van der Waals surface area contributed by atoms with E-state index in [-0.39, 0.29) is 17.3 Å². The van der Waals surface area contributed by atoms with Crippen molar-refractivity contribution in [3.63, 3.8) is 0 Å². The number of hydrogen-bond donors (Lipinski definition) is 1. The Morgan fingerprint density at radius 2 is 2.00 bits per heavy atom. The molecule has 0 saturated heterocycles. The van der Waals surface area contributed by atoms with E-state index in [0.717, 1.165) is 0 Å². The van der Waals surface area contributed by atoms with Gasteiger partial charge in [-0.1, -0.05) is 11.6 Å². The number of anilines is 3. The Balaban J connectivity index is 2.44. The molecule has 2 aromatic heterocycles. The second kappa shape index (κ2) is 6.99. The SMILES string of the molecule is CCN(CC)c1ncnc(Nc2ccc(Cl)cn2)c1[N+](=O)[O-]. The summed E-state index contributed by atoms with van der Waals surface area (Å²) in [6.45, 7) is 5.02. The molecule has 0 aliphatic rings. The van der Waals surface area contributed by atoms with Crippen molar-refractivity contribution in [3.8, 4) is 0 Å². The minimum atomic E-state index is -0.494. The highest BCUT2D eigenvalue weighted by Gasteiger charge is 2.26. The van der Waals surface area contributed by atoms with E-state index in [2.05, 4.69) is 20.3 Å². The Bertz CT molecular complexity index is 660. The molecule has 0 radical (unpaired) electrons. The van der Waals surface area contributed by atoms with Gasteiger partial charge in [0.1, 0.15) is 12.1 Å². The third-order valence-electron chi connectivity index (χ3n) is 3.02. The van der Waals surface area contributed by atoms with Crippen LogP contribution in [0.4, 0.5) is 23.1 Å². The lowest BCUT2D eigenvalue weighted by Crippen LogP contribution is -2.24. The highest BCUT2D eigenvalue weighted by Crippen LogP contribution is 2.33. The lowest BCUT2D eigenvalue weighted by atomic mass is 10.3. The zero-order valence-electron chi connectivity index (χ0n) is 12.2. The van der Waals surface area contributed by atoms with Crippen molar-refractivity contribution in [3.05, 3.63) is 39.8 Å². The standard InChI is InChI=1S/C13H15ClN6O2/c1-3-19(4-2)13-11(20(21)22)12(16-8-17-13)18-10-6-5-9(14)7-15-10/h5-8H,3-4H2,1-2H3,(H,15,16,17,18). The third-order valence-corrected chi connectivity index (χ3v) is 3.25. The van der Waals surface area contributed by atoms with Crippen LogP contribution in [0, 0.1) is 10.1 Å². The molecule has 2 aromatic rings. The molecule has 22 heavy (non-hydrogen) atoms. The Kier molecular flexibility index (Phi) is 5.05. The first-order valence-corrected chi connectivity index (χ1v) is 7.07. The molecular weight excluding hydrogens is 308 g/mol. The molecule has 8 nitrogen and oxygen atoms in total. The van der Waals surface area contributed by atoms with Gasteiger partial charge in [0.2, 0.25) is 11.6 Å². The molecule has 0 aliphatic carbocycles. The highest BCUT2D eigenvalue weighted by molar-refractivity contribution is 6.30. The Labute approximate surface area is 132 Å². The molecule has 0 aromatic carbocycles. The first-order chi connectivity index (χ1) is 10.6. The average Bonchev–Trinajstić information content (AvgIpc) is 2.51. The maximum absolute atomic E-state index is 11.4. The molecule has 2 heterocycles. The van der Waals surface area contributed by atoms with Crippen LogP contribution in [0.15, 0.2) is 24.7 Å². The lowest BCUT2D eigenvalue weighted by molar-refractivity contribution is -0.383. The second-order valence-corrected chi connectivity index (χ2v) is 4.75. The fraction of sp³-hybridized carbons (Fsp3) is 0.308. The van der Waals surface area contributed by atoms with Crippen LogP contribution in [0.5, 0.6) is 0 Å². The van der Waals surface area contributed by atoms with Crippen molar-refractivity contribution in [2.75, 3.05) is 23.3 Å².